The van der Waals surface area contributed by atoms with Gasteiger partial charge < -0.3 is 5.32 Å². The summed E-state index contributed by atoms with van der Waals surface area (Å²) in [6, 6.07) is 14.7. The zero-order valence-electron chi connectivity index (χ0n) is 10.4. The number of benzene rings is 2. The number of hydrogen-bond donors (Lipinski definition) is 1. The maximum absolute atomic E-state index is 12.1. The van der Waals surface area contributed by atoms with E-state index in [-0.39, 0.29) is 11.9 Å². The number of hydrogen-bond acceptors (Lipinski definition) is 1. The highest BCUT2D eigenvalue weighted by Gasteiger charge is 2.15. The second-order valence-electron chi connectivity index (χ2n) is 4.20. The summed E-state index contributed by atoms with van der Waals surface area (Å²) in [5, 5.41) is 3.40. The maximum Gasteiger partial charge on any atom is 0.253 e. The van der Waals surface area contributed by atoms with Crippen LogP contribution in [0.4, 0.5) is 0 Å². The van der Waals surface area contributed by atoms with Crippen molar-refractivity contribution in [3.05, 3.63) is 69.2 Å². The van der Waals surface area contributed by atoms with E-state index in [2.05, 4.69) is 21.2 Å². The molecule has 0 saturated carbocycles. The molecular formula is C15H13BrClNO. The van der Waals surface area contributed by atoms with Gasteiger partial charge in [-0.25, -0.2) is 0 Å². The summed E-state index contributed by atoms with van der Waals surface area (Å²) >= 11 is 9.49. The fourth-order valence-electron chi connectivity index (χ4n) is 1.82. The first kappa shape index (κ1) is 14.1. The van der Waals surface area contributed by atoms with Crippen LogP contribution in [0.5, 0.6) is 0 Å². The molecule has 0 spiro atoms. The lowest BCUT2D eigenvalue weighted by Crippen LogP contribution is -2.27. The number of carbonyl (C=O) groups is 1. The molecule has 98 valence electrons. The van der Waals surface area contributed by atoms with Crippen molar-refractivity contribution in [2.24, 2.45) is 0 Å². The predicted octanol–water partition coefficient (Wildman–Crippen LogP) is 4.59. The molecule has 2 rings (SSSR count). The zero-order valence-corrected chi connectivity index (χ0v) is 12.7. The number of halogens is 2. The van der Waals surface area contributed by atoms with Crippen molar-refractivity contribution >= 4 is 33.4 Å². The SMILES string of the molecule is CC(NC(=O)c1ccccc1Cl)c1ccccc1Br. The van der Waals surface area contributed by atoms with E-state index in [9.17, 15) is 4.79 Å². The Balaban J connectivity index is 2.16. The highest BCUT2D eigenvalue weighted by molar-refractivity contribution is 9.10. The lowest BCUT2D eigenvalue weighted by atomic mass is 10.1. The minimum Gasteiger partial charge on any atom is -0.345 e. The van der Waals surface area contributed by atoms with E-state index in [0.29, 0.717) is 10.6 Å². The van der Waals surface area contributed by atoms with Crippen LogP contribution in [0.1, 0.15) is 28.9 Å². The van der Waals surface area contributed by atoms with Crippen molar-refractivity contribution in [2.75, 3.05) is 0 Å². The van der Waals surface area contributed by atoms with E-state index in [0.717, 1.165) is 10.0 Å². The molecule has 0 radical (unpaired) electrons. The molecule has 4 heteroatoms. The van der Waals surface area contributed by atoms with E-state index in [1.165, 1.54) is 0 Å². The normalized spacial score (nSPS) is 11.9. The van der Waals surface area contributed by atoms with Crippen LogP contribution < -0.4 is 5.32 Å². The van der Waals surface area contributed by atoms with Gasteiger partial charge >= 0.3 is 0 Å². The van der Waals surface area contributed by atoms with Gasteiger partial charge in [0.05, 0.1) is 16.6 Å². The predicted molar refractivity (Wildman–Crippen MR) is 81.5 cm³/mol. The van der Waals surface area contributed by atoms with Crippen molar-refractivity contribution in [1.29, 1.82) is 0 Å². The van der Waals surface area contributed by atoms with Gasteiger partial charge in [0.2, 0.25) is 0 Å². The topological polar surface area (TPSA) is 29.1 Å². The molecule has 0 fully saturated rings. The fraction of sp³-hybridized carbons (Fsp3) is 0.133. The van der Waals surface area contributed by atoms with E-state index in [4.69, 9.17) is 11.6 Å². The second kappa shape index (κ2) is 6.22. The van der Waals surface area contributed by atoms with Crippen molar-refractivity contribution in [1.82, 2.24) is 5.32 Å². The molecule has 0 aliphatic heterocycles. The summed E-state index contributed by atoms with van der Waals surface area (Å²) in [7, 11) is 0. The second-order valence-corrected chi connectivity index (χ2v) is 5.46. The number of rotatable bonds is 3. The average molecular weight is 339 g/mol. The molecule has 0 saturated heterocycles. The minimum atomic E-state index is -0.172. The van der Waals surface area contributed by atoms with E-state index in [1.807, 2.05) is 31.2 Å². The molecular weight excluding hydrogens is 326 g/mol. The third kappa shape index (κ3) is 3.37. The standard InChI is InChI=1S/C15H13BrClNO/c1-10(11-6-2-4-8-13(11)16)18-15(19)12-7-3-5-9-14(12)17/h2-10H,1H3,(H,18,19). The number of amides is 1. The van der Waals surface area contributed by atoms with Crippen LogP contribution in [0.25, 0.3) is 0 Å². The molecule has 0 aliphatic rings. The van der Waals surface area contributed by atoms with Crippen molar-refractivity contribution < 1.29 is 4.79 Å². The van der Waals surface area contributed by atoms with Gasteiger partial charge in [-0.1, -0.05) is 57.9 Å². The van der Waals surface area contributed by atoms with Gasteiger partial charge in [-0.2, -0.15) is 0 Å². The highest BCUT2D eigenvalue weighted by Crippen LogP contribution is 2.23. The zero-order chi connectivity index (χ0) is 13.8. The summed E-state index contributed by atoms with van der Waals surface area (Å²) in [5.74, 6) is -0.172. The number of nitrogens with one attached hydrogen (secondary N) is 1. The molecule has 1 unspecified atom stereocenters. The molecule has 0 aromatic heterocycles. The Bertz CT molecular complexity index is 600. The molecule has 1 amide bonds. The molecule has 2 aromatic rings. The molecule has 0 heterocycles. The van der Waals surface area contributed by atoms with Crippen molar-refractivity contribution in [3.63, 3.8) is 0 Å². The average Bonchev–Trinajstić information content (AvgIpc) is 2.39. The summed E-state index contributed by atoms with van der Waals surface area (Å²) in [4.78, 5) is 12.1. The van der Waals surface area contributed by atoms with Gasteiger partial charge in [0.25, 0.3) is 5.91 Å². The molecule has 1 N–H and O–H groups in total. The Morgan fingerprint density at radius 1 is 1.16 bits per heavy atom. The van der Waals surface area contributed by atoms with Crippen molar-refractivity contribution in [3.8, 4) is 0 Å². The summed E-state index contributed by atoms with van der Waals surface area (Å²) < 4.78 is 0.974. The van der Waals surface area contributed by atoms with Gasteiger partial charge in [-0.3, -0.25) is 4.79 Å². The Hall–Kier alpha value is -1.32. The summed E-state index contributed by atoms with van der Waals surface area (Å²) in [6.45, 7) is 1.94. The largest absolute Gasteiger partial charge is 0.345 e. The Kier molecular flexibility index (Phi) is 4.61. The van der Waals surface area contributed by atoms with Crippen LogP contribution in [-0.4, -0.2) is 5.91 Å². The first-order valence-electron chi connectivity index (χ1n) is 5.89. The van der Waals surface area contributed by atoms with Crippen LogP contribution in [-0.2, 0) is 0 Å². The van der Waals surface area contributed by atoms with Gasteiger partial charge in [0.1, 0.15) is 0 Å². The van der Waals surface area contributed by atoms with Gasteiger partial charge in [0, 0.05) is 4.47 Å². The first-order valence-corrected chi connectivity index (χ1v) is 7.06. The first-order chi connectivity index (χ1) is 9.09. The van der Waals surface area contributed by atoms with E-state index in [1.54, 1.807) is 24.3 Å². The van der Waals surface area contributed by atoms with Crippen molar-refractivity contribution in [2.45, 2.75) is 13.0 Å². The fourth-order valence-corrected chi connectivity index (χ4v) is 2.67. The summed E-state index contributed by atoms with van der Waals surface area (Å²) in [5.41, 5.74) is 1.52. The van der Waals surface area contributed by atoms with Gasteiger partial charge in [-0.05, 0) is 30.7 Å². The number of carbonyl (C=O) groups excluding carboxylic acids is 1. The monoisotopic (exact) mass is 337 g/mol. The minimum absolute atomic E-state index is 0.0978. The van der Waals surface area contributed by atoms with Gasteiger partial charge in [0.15, 0.2) is 0 Å². The van der Waals surface area contributed by atoms with Crippen LogP contribution in [0, 0.1) is 0 Å². The molecule has 0 bridgehead atoms. The lowest BCUT2D eigenvalue weighted by Gasteiger charge is -2.16. The third-order valence-electron chi connectivity index (χ3n) is 2.84. The molecule has 2 nitrogen and oxygen atoms in total. The smallest absolute Gasteiger partial charge is 0.253 e. The Morgan fingerprint density at radius 3 is 2.47 bits per heavy atom. The van der Waals surface area contributed by atoms with Crippen LogP contribution in [0.15, 0.2) is 53.0 Å². The molecule has 19 heavy (non-hydrogen) atoms. The lowest BCUT2D eigenvalue weighted by molar-refractivity contribution is 0.0940. The van der Waals surface area contributed by atoms with Crippen LogP contribution >= 0.6 is 27.5 Å². The highest BCUT2D eigenvalue weighted by atomic mass is 79.9. The molecule has 2 aromatic carbocycles. The summed E-state index contributed by atoms with van der Waals surface area (Å²) in [6.07, 6.45) is 0. The Labute approximate surface area is 125 Å². The quantitative estimate of drug-likeness (QED) is 0.871. The van der Waals surface area contributed by atoms with Crippen LogP contribution in [0.3, 0.4) is 0 Å². The Morgan fingerprint density at radius 2 is 1.79 bits per heavy atom. The molecule has 1 atom stereocenters. The van der Waals surface area contributed by atoms with E-state index < -0.39 is 0 Å². The molecule has 0 aliphatic carbocycles. The van der Waals surface area contributed by atoms with Crippen LogP contribution in [0.2, 0.25) is 5.02 Å². The van der Waals surface area contributed by atoms with E-state index >= 15 is 0 Å². The maximum atomic E-state index is 12.1. The van der Waals surface area contributed by atoms with Gasteiger partial charge in [-0.15, -0.1) is 0 Å². The third-order valence-corrected chi connectivity index (χ3v) is 3.89.